The van der Waals surface area contributed by atoms with E-state index in [4.69, 9.17) is 24.4 Å². The Morgan fingerprint density at radius 3 is 2.00 bits per heavy atom. The Morgan fingerprint density at radius 1 is 0.943 bits per heavy atom. The van der Waals surface area contributed by atoms with Crippen molar-refractivity contribution >= 4 is 34.7 Å². The molecule has 0 unspecified atom stereocenters. The molecule has 2 aromatic rings. The maximum Gasteiger partial charge on any atom is 0.329 e. The molecule has 0 saturated heterocycles. The molecular formula is C22H26N4O9. The predicted molar refractivity (Wildman–Crippen MR) is 124 cm³/mol. The molecule has 0 aromatic heterocycles. The van der Waals surface area contributed by atoms with Gasteiger partial charge in [0, 0.05) is 31.3 Å². The molecule has 2 rings (SSSR count). The van der Waals surface area contributed by atoms with Crippen LogP contribution in [0.25, 0.3) is 0 Å². The first-order valence-corrected chi connectivity index (χ1v) is 10.6. The predicted octanol–water partition coefficient (Wildman–Crippen LogP) is 3.42. The highest BCUT2D eigenvalue weighted by Crippen LogP contribution is 2.33. The number of hydrogen-bond acceptors (Lipinski definition) is 10. The number of rotatable bonds is 16. The second-order valence-corrected chi connectivity index (χ2v) is 6.94. The van der Waals surface area contributed by atoms with Gasteiger partial charge in [0.05, 0.1) is 41.8 Å². The molecule has 2 N–H and O–H groups in total. The van der Waals surface area contributed by atoms with Crippen LogP contribution in [0.15, 0.2) is 52.7 Å². The van der Waals surface area contributed by atoms with Crippen LogP contribution in [-0.2, 0) is 19.1 Å². The minimum atomic E-state index is -1.08. The summed E-state index contributed by atoms with van der Waals surface area (Å²) in [6.45, 7) is 2.10. The number of nitro benzene ring substituents is 1. The fourth-order valence-electron chi connectivity index (χ4n) is 2.88. The number of ether oxygens (including phenoxy) is 3. The lowest BCUT2D eigenvalue weighted by Crippen LogP contribution is -2.32. The van der Waals surface area contributed by atoms with Crippen LogP contribution in [0.1, 0.15) is 6.92 Å². The first-order valence-electron chi connectivity index (χ1n) is 10.6. The van der Waals surface area contributed by atoms with E-state index < -0.39 is 30.1 Å². The molecule has 0 aliphatic carbocycles. The molecule has 0 amide bonds. The number of non-ortho nitro benzene ring substituents is 1. The van der Waals surface area contributed by atoms with Crippen LogP contribution >= 0.6 is 0 Å². The van der Waals surface area contributed by atoms with Crippen LogP contribution in [0.2, 0.25) is 0 Å². The van der Waals surface area contributed by atoms with E-state index in [1.54, 1.807) is 18.2 Å². The highest BCUT2D eigenvalue weighted by molar-refractivity contribution is 5.68. The van der Waals surface area contributed by atoms with E-state index in [0.717, 1.165) is 0 Å². The molecule has 0 aliphatic rings. The number of azo groups is 1. The number of hydrogen-bond donors (Lipinski definition) is 2. The molecule has 0 saturated carbocycles. The largest absolute Gasteiger partial charge is 0.492 e. The van der Waals surface area contributed by atoms with Crippen LogP contribution in [0.5, 0.6) is 5.75 Å². The van der Waals surface area contributed by atoms with E-state index >= 15 is 0 Å². The van der Waals surface area contributed by atoms with Crippen molar-refractivity contribution in [3.63, 3.8) is 0 Å². The van der Waals surface area contributed by atoms with E-state index in [2.05, 4.69) is 10.2 Å². The van der Waals surface area contributed by atoms with Gasteiger partial charge in [-0.25, -0.2) is 9.59 Å². The van der Waals surface area contributed by atoms with E-state index in [1.165, 1.54) is 24.3 Å². The Balaban J connectivity index is 2.19. The van der Waals surface area contributed by atoms with Crippen molar-refractivity contribution in [3.05, 3.63) is 52.6 Å². The van der Waals surface area contributed by atoms with Crippen LogP contribution in [0.3, 0.4) is 0 Å². The van der Waals surface area contributed by atoms with Gasteiger partial charge < -0.3 is 29.3 Å². The van der Waals surface area contributed by atoms with Gasteiger partial charge in [0.2, 0.25) is 0 Å². The van der Waals surface area contributed by atoms with Gasteiger partial charge in [-0.3, -0.25) is 10.1 Å². The van der Waals surface area contributed by atoms with Crippen molar-refractivity contribution in [2.24, 2.45) is 10.2 Å². The summed E-state index contributed by atoms with van der Waals surface area (Å²) >= 11 is 0. The van der Waals surface area contributed by atoms with Gasteiger partial charge in [0.1, 0.15) is 19.0 Å². The summed E-state index contributed by atoms with van der Waals surface area (Å²) in [4.78, 5) is 33.5. The van der Waals surface area contributed by atoms with Crippen molar-refractivity contribution in [1.82, 2.24) is 0 Å². The molecule has 0 aliphatic heterocycles. The number of nitrogens with zero attached hydrogens (tertiary/aromatic N) is 4. The Kier molecular flexibility index (Phi) is 11.0. The van der Waals surface area contributed by atoms with E-state index in [9.17, 15) is 19.7 Å². The van der Waals surface area contributed by atoms with Crippen molar-refractivity contribution in [3.8, 4) is 5.75 Å². The van der Waals surface area contributed by atoms with Gasteiger partial charge >= 0.3 is 11.9 Å². The minimum absolute atomic E-state index is 0.0494. The lowest BCUT2D eigenvalue weighted by molar-refractivity contribution is -0.384. The van der Waals surface area contributed by atoms with Gasteiger partial charge in [-0.15, -0.1) is 0 Å². The normalized spacial score (nSPS) is 10.9. The van der Waals surface area contributed by atoms with Crippen molar-refractivity contribution in [1.29, 1.82) is 0 Å². The Bertz CT molecular complexity index is 1010. The molecule has 2 aromatic carbocycles. The fourth-order valence-corrected chi connectivity index (χ4v) is 2.88. The average molecular weight is 490 g/mol. The highest BCUT2D eigenvalue weighted by Gasteiger charge is 2.14. The number of carboxylic acid groups (broad SMARTS) is 2. The number of anilines is 1. The van der Waals surface area contributed by atoms with Gasteiger partial charge in [-0.05, 0) is 31.2 Å². The highest BCUT2D eigenvalue weighted by atomic mass is 16.6. The lowest BCUT2D eigenvalue weighted by atomic mass is 10.2. The number of nitro groups is 1. The summed E-state index contributed by atoms with van der Waals surface area (Å²) in [5, 5.41) is 36.5. The molecule has 13 nitrogen and oxygen atoms in total. The second-order valence-electron chi connectivity index (χ2n) is 6.94. The third kappa shape index (κ3) is 9.73. The third-order valence-electron chi connectivity index (χ3n) is 4.39. The maximum atomic E-state index is 10.8. The summed E-state index contributed by atoms with van der Waals surface area (Å²) in [6, 6.07) is 10.7. The summed E-state index contributed by atoms with van der Waals surface area (Å²) in [7, 11) is 0. The zero-order valence-corrected chi connectivity index (χ0v) is 19.0. The molecule has 0 fully saturated rings. The third-order valence-corrected chi connectivity index (χ3v) is 4.39. The van der Waals surface area contributed by atoms with Crippen LogP contribution in [0, 0.1) is 10.1 Å². The molecule has 0 atom stereocenters. The summed E-state index contributed by atoms with van der Waals surface area (Å²) in [5.41, 5.74) is 1.51. The van der Waals surface area contributed by atoms with Crippen molar-refractivity contribution < 1.29 is 38.9 Å². The number of aliphatic carboxylic acids is 2. The first kappa shape index (κ1) is 27.1. The quantitative estimate of drug-likeness (QED) is 0.154. The lowest BCUT2D eigenvalue weighted by Gasteiger charge is -2.26. The van der Waals surface area contributed by atoms with Gasteiger partial charge in [0.15, 0.2) is 0 Å². The summed E-state index contributed by atoms with van der Waals surface area (Å²) in [5.74, 6) is -1.69. The molecule has 0 radical (unpaired) electrons. The molecule has 13 heteroatoms. The van der Waals surface area contributed by atoms with E-state index in [0.29, 0.717) is 42.5 Å². The second kappa shape index (κ2) is 14.2. The van der Waals surface area contributed by atoms with Gasteiger partial charge in [-0.2, -0.15) is 10.2 Å². The van der Waals surface area contributed by atoms with Crippen LogP contribution in [0.4, 0.5) is 22.7 Å². The SMILES string of the molecule is CCOc1cc(N=Nc2ccc([N+](=O)[O-])cc2)ccc1N(CCOCC(=O)O)CCOCC(=O)O. The maximum absolute atomic E-state index is 10.8. The molecule has 188 valence electrons. The Morgan fingerprint density at radius 2 is 1.49 bits per heavy atom. The summed E-state index contributed by atoms with van der Waals surface area (Å²) < 4.78 is 16.0. The standard InChI is InChI=1S/C22H26N4O9/c1-2-35-20-13-17(24-23-16-3-6-18(7-4-16)26(31)32)5-8-19(20)25(9-11-33-14-21(27)28)10-12-34-15-22(29)30/h3-8,13H,2,9-12,14-15H2,1H3,(H,27,28)(H,29,30). The zero-order valence-electron chi connectivity index (χ0n) is 19.0. The Labute approximate surface area is 200 Å². The van der Waals surface area contributed by atoms with Crippen molar-refractivity contribution in [2.75, 3.05) is 51.0 Å². The molecular weight excluding hydrogens is 464 g/mol. The van der Waals surface area contributed by atoms with E-state index in [1.807, 2.05) is 11.8 Å². The monoisotopic (exact) mass is 490 g/mol. The Hall–Kier alpha value is -4.10. The van der Waals surface area contributed by atoms with Crippen molar-refractivity contribution in [2.45, 2.75) is 6.92 Å². The number of benzene rings is 2. The minimum Gasteiger partial charge on any atom is -0.492 e. The molecule has 0 spiro atoms. The van der Waals surface area contributed by atoms with Crippen LogP contribution in [-0.4, -0.2) is 73.2 Å². The fraction of sp³-hybridized carbons (Fsp3) is 0.364. The van der Waals surface area contributed by atoms with Crippen LogP contribution < -0.4 is 9.64 Å². The topological polar surface area (TPSA) is 173 Å². The number of carbonyl (C=O) groups is 2. The molecule has 0 bridgehead atoms. The summed E-state index contributed by atoms with van der Waals surface area (Å²) in [6.07, 6.45) is 0. The van der Waals surface area contributed by atoms with Gasteiger partial charge in [0.25, 0.3) is 5.69 Å². The molecule has 35 heavy (non-hydrogen) atoms. The number of carboxylic acids is 2. The average Bonchev–Trinajstić information content (AvgIpc) is 2.82. The zero-order chi connectivity index (χ0) is 25.6. The molecule has 0 heterocycles. The first-order chi connectivity index (χ1) is 16.8. The van der Waals surface area contributed by atoms with Gasteiger partial charge in [-0.1, -0.05) is 0 Å². The van der Waals surface area contributed by atoms with E-state index in [-0.39, 0.29) is 18.9 Å². The smallest absolute Gasteiger partial charge is 0.329 e.